The second-order valence-electron chi connectivity index (χ2n) is 5.27. The molecule has 0 radical (unpaired) electrons. The van der Waals surface area contributed by atoms with Gasteiger partial charge in [-0.05, 0) is 17.3 Å². The first-order valence-corrected chi connectivity index (χ1v) is 9.50. The molecule has 0 atom stereocenters. The number of methoxy groups -OCH3 is 2. The first-order chi connectivity index (χ1) is 13.9. The zero-order chi connectivity index (χ0) is 20.9. The largest absolute Gasteiger partial charge is 0.481 e. The van der Waals surface area contributed by atoms with E-state index in [4.69, 9.17) is 19.0 Å². The van der Waals surface area contributed by atoms with Crippen LogP contribution in [0.3, 0.4) is 0 Å². The number of sulfonamides is 1. The van der Waals surface area contributed by atoms with E-state index in [9.17, 15) is 13.2 Å². The first kappa shape index (κ1) is 20.1. The molecule has 0 saturated carbocycles. The van der Waals surface area contributed by atoms with Crippen molar-refractivity contribution in [1.82, 2.24) is 19.7 Å². The third-order valence-electron chi connectivity index (χ3n) is 3.37. The molecule has 14 heteroatoms. The first-order valence-electron chi connectivity index (χ1n) is 8.02. The number of ether oxygens (including phenoxy) is 3. The molecule has 3 rings (SSSR count). The van der Waals surface area contributed by atoms with Crippen molar-refractivity contribution in [2.75, 3.05) is 32.8 Å². The van der Waals surface area contributed by atoms with Crippen molar-refractivity contribution in [1.29, 1.82) is 0 Å². The molecule has 1 aliphatic rings. The second-order valence-corrected chi connectivity index (χ2v) is 6.87. The number of urea groups is 1. The van der Waals surface area contributed by atoms with Crippen LogP contribution in [0.25, 0.3) is 0 Å². The number of hydrogen-bond acceptors (Lipinski definition) is 11. The van der Waals surface area contributed by atoms with Crippen LogP contribution in [0.2, 0.25) is 0 Å². The van der Waals surface area contributed by atoms with Gasteiger partial charge in [0.2, 0.25) is 17.7 Å². The van der Waals surface area contributed by atoms with E-state index in [1.54, 1.807) is 0 Å². The lowest BCUT2D eigenvalue weighted by atomic mass is 10.3. The number of nitrogens with zero attached hydrogens (tertiary/aromatic N) is 4. The zero-order valence-electron chi connectivity index (χ0n) is 15.3. The summed E-state index contributed by atoms with van der Waals surface area (Å²) < 4.78 is 42.4. The topological polar surface area (TPSA) is 163 Å². The predicted octanol–water partition coefficient (Wildman–Crippen LogP) is 0.108. The number of nitrogens with one attached hydrogen (secondary N) is 2. The second kappa shape index (κ2) is 8.55. The van der Waals surface area contributed by atoms with Crippen molar-refractivity contribution in [3.05, 3.63) is 30.0 Å². The van der Waals surface area contributed by atoms with E-state index in [0.717, 1.165) is 0 Å². The Morgan fingerprint density at radius 1 is 1.17 bits per heavy atom. The van der Waals surface area contributed by atoms with Crippen LogP contribution in [-0.2, 0) is 19.6 Å². The quantitative estimate of drug-likeness (QED) is 0.650. The number of rotatable bonds is 6. The maximum atomic E-state index is 12.7. The van der Waals surface area contributed by atoms with E-state index >= 15 is 0 Å². The highest BCUT2D eigenvalue weighted by Gasteiger charge is 2.27. The fourth-order valence-corrected chi connectivity index (χ4v) is 3.20. The lowest BCUT2D eigenvalue weighted by Crippen LogP contribution is -2.36. The van der Waals surface area contributed by atoms with Gasteiger partial charge in [0.25, 0.3) is 15.9 Å². The summed E-state index contributed by atoms with van der Waals surface area (Å²) in [5.74, 6) is -0.0847. The minimum Gasteiger partial charge on any atom is -0.481 e. The molecule has 2 amide bonds. The predicted molar refractivity (Wildman–Crippen MR) is 97.2 cm³/mol. The molecule has 0 saturated heterocycles. The van der Waals surface area contributed by atoms with Crippen LogP contribution in [0.1, 0.15) is 5.56 Å². The third-order valence-corrected chi connectivity index (χ3v) is 4.66. The zero-order valence-corrected chi connectivity index (χ0v) is 16.1. The summed E-state index contributed by atoms with van der Waals surface area (Å²) in [6.45, 7) is 0.423. The van der Waals surface area contributed by atoms with Crippen LogP contribution in [-0.4, -0.2) is 62.7 Å². The number of aromatic nitrogens is 3. The molecule has 2 aromatic heterocycles. The van der Waals surface area contributed by atoms with Gasteiger partial charge >= 0.3 is 6.03 Å². The molecule has 0 unspecified atom stereocenters. The Hall–Kier alpha value is -3.68. The summed E-state index contributed by atoms with van der Waals surface area (Å²) >= 11 is 0. The molecule has 1 aliphatic heterocycles. The van der Waals surface area contributed by atoms with Gasteiger partial charge < -0.3 is 19.0 Å². The monoisotopic (exact) mass is 424 g/mol. The molecule has 0 spiro atoms. The minimum atomic E-state index is -4.40. The molecular weight excluding hydrogens is 408 g/mol. The number of pyridine rings is 1. The smallest absolute Gasteiger partial charge is 0.335 e. The molecule has 13 nitrogen and oxygen atoms in total. The summed E-state index contributed by atoms with van der Waals surface area (Å²) in [4.78, 5) is 28.7. The van der Waals surface area contributed by atoms with Gasteiger partial charge in [-0.15, -0.1) is 0 Å². The molecule has 3 heterocycles. The van der Waals surface area contributed by atoms with E-state index in [0.29, 0.717) is 0 Å². The maximum Gasteiger partial charge on any atom is 0.335 e. The van der Waals surface area contributed by atoms with E-state index in [2.05, 4.69) is 25.4 Å². The van der Waals surface area contributed by atoms with Gasteiger partial charge in [0.15, 0.2) is 11.6 Å². The van der Waals surface area contributed by atoms with Crippen LogP contribution >= 0.6 is 0 Å². The Morgan fingerprint density at radius 3 is 2.52 bits per heavy atom. The van der Waals surface area contributed by atoms with Gasteiger partial charge in [0, 0.05) is 6.20 Å². The molecule has 29 heavy (non-hydrogen) atoms. The van der Waals surface area contributed by atoms with Gasteiger partial charge in [-0.1, -0.05) is 0 Å². The van der Waals surface area contributed by atoms with E-state index in [1.807, 2.05) is 4.72 Å². The van der Waals surface area contributed by atoms with Crippen LogP contribution in [0.5, 0.6) is 11.8 Å². The van der Waals surface area contributed by atoms with E-state index in [1.165, 1.54) is 38.6 Å². The van der Waals surface area contributed by atoms with Crippen molar-refractivity contribution in [3.63, 3.8) is 0 Å². The van der Waals surface area contributed by atoms with Gasteiger partial charge in [-0.3, -0.25) is 5.32 Å². The molecule has 0 aromatic carbocycles. The van der Waals surface area contributed by atoms with Gasteiger partial charge in [-0.25, -0.2) is 14.5 Å². The molecule has 154 valence electrons. The Bertz CT molecular complexity index is 1020. The maximum absolute atomic E-state index is 12.7. The van der Waals surface area contributed by atoms with Crippen molar-refractivity contribution >= 4 is 27.9 Å². The Kier molecular flexibility index (Phi) is 5.92. The molecule has 2 aromatic rings. The average molecular weight is 424 g/mol. The Balaban J connectivity index is 1.82. The highest BCUT2D eigenvalue weighted by Crippen LogP contribution is 2.18. The minimum absolute atomic E-state index is 0.0341. The number of amides is 2. The van der Waals surface area contributed by atoms with Crippen LogP contribution < -0.4 is 19.5 Å². The molecule has 0 aliphatic carbocycles. The van der Waals surface area contributed by atoms with Crippen molar-refractivity contribution in [3.8, 4) is 11.8 Å². The molecule has 0 fully saturated rings. The fourth-order valence-electron chi connectivity index (χ4n) is 2.17. The number of carbonyl (C=O) groups is 1. The summed E-state index contributed by atoms with van der Waals surface area (Å²) in [6.07, 6.45) is 1.25. The summed E-state index contributed by atoms with van der Waals surface area (Å²) in [7, 11) is -1.68. The summed E-state index contributed by atoms with van der Waals surface area (Å²) in [5, 5.41) is 5.39. The molecule has 0 bridgehead atoms. The van der Waals surface area contributed by atoms with Crippen LogP contribution in [0, 0.1) is 0 Å². The number of anilines is 1. The van der Waals surface area contributed by atoms with Crippen molar-refractivity contribution in [2.45, 2.75) is 5.03 Å². The number of oxime groups is 1. The van der Waals surface area contributed by atoms with Crippen molar-refractivity contribution < 1.29 is 32.3 Å². The Labute approximate surface area is 165 Å². The fraction of sp³-hybridized carbons (Fsp3) is 0.267. The van der Waals surface area contributed by atoms with E-state index < -0.39 is 21.1 Å². The third kappa shape index (κ3) is 4.78. The normalized spacial score (nSPS) is 13.4. The summed E-state index contributed by atoms with van der Waals surface area (Å²) in [6, 6.07) is 3.17. The Morgan fingerprint density at radius 2 is 1.90 bits per heavy atom. The van der Waals surface area contributed by atoms with Gasteiger partial charge in [0.1, 0.15) is 6.61 Å². The van der Waals surface area contributed by atoms with Crippen LogP contribution in [0.4, 0.5) is 10.7 Å². The standard InChI is InChI=1S/C15H16N6O7S/c1-25-10-8-11(26-2)18-14(17-10)19-15(22)21-29(23,24)13-9(4-3-5-16-13)12-20-28-7-6-27-12/h3-5,8H,6-7H2,1-2H3,(H2,17,18,19,21,22). The number of carbonyl (C=O) groups excluding carboxylic acids is 1. The van der Waals surface area contributed by atoms with Crippen LogP contribution in [0.15, 0.2) is 34.6 Å². The van der Waals surface area contributed by atoms with Crippen molar-refractivity contribution in [2.24, 2.45) is 5.16 Å². The highest BCUT2D eigenvalue weighted by molar-refractivity contribution is 7.90. The molecule has 2 N–H and O–H groups in total. The lowest BCUT2D eigenvalue weighted by Gasteiger charge is -2.15. The lowest BCUT2D eigenvalue weighted by molar-refractivity contribution is 0.0653. The SMILES string of the molecule is COc1cc(OC)nc(NC(=O)NS(=O)(=O)c2ncccc2C2=NOCCO2)n1. The molecular formula is C15H16N6O7S. The highest BCUT2D eigenvalue weighted by atomic mass is 32.2. The summed E-state index contributed by atoms with van der Waals surface area (Å²) in [5.41, 5.74) is 0.0341. The van der Waals surface area contributed by atoms with E-state index in [-0.39, 0.29) is 42.4 Å². The van der Waals surface area contributed by atoms with Gasteiger partial charge in [0.05, 0.1) is 25.8 Å². The van der Waals surface area contributed by atoms with Gasteiger partial charge in [-0.2, -0.15) is 18.4 Å². The number of hydrogen-bond donors (Lipinski definition) is 2. The average Bonchev–Trinajstić information content (AvgIpc) is 2.73.